The van der Waals surface area contributed by atoms with Crippen LogP contribution in [0.5, 0.6) is 0 Å². The van der Waals surface area contributed by atoms with E-state index in [-0.39, 0.29) is 30.4 Å². The monoisotopic (exact) mass is 491 g/mol. The Morgan fingerprint density at radius 3 is 2.62 bits per heavy atom. The molecule has 1 aromatic rings. The van der Waals surface area contributed by atoms with Crippen LogP contribution in [0.2, 0.25) is 5.02 Å². The predicted octanol–water partition coefficient (Wildman–Crippen LogP) is 2.73. The van der Waals surface area contributed by atoms with E-state index in [2.05, 4.69) is 10.6 Å². The Balaban J connectivity index is 1.59. The first-order chi connectivity index (χ1) is 16.4. The number of nitrogens with one attached hydrogen (secondary N) is 2. The van der Waals surface area contributed by atoms with Crippen molar-refractivity contribution in [2.24, 2.45) is 11.8 Å². The Labute approximate surface area is 205 Å². The molecule has 9 heteroatoms. The van der Waals surface area contributed by atoms with E-state index >= 15 is 0 Å². The van der Waals surface area contributed by atoms with Gasteiger partial charge in [0.2, 0.25) is 17.7 Å². The molecule has 3 saturated heterocycles. The van der Waals surface area contributed by atoms with E-state index in [1.807, 2.05) is 6.92 Å². The fourth-order valence-corrected chi connectivity index (χ4v) is 5.98. The van der Waals surface area contributed by atoms with E-state index in [1.54, 1.807) is 29.2 Å². The van der Waals surface area contributed by atoms with E-state index in [4.69, 9.17) is 21.4 Å². The highest BCUT2D eigenvalue weighted by molar-refractivity contribution is 6.30. The fourth-order valence-electron chi connectivity index (χ4n) is 5.85. The molecule has 4 rings (SSSR count). The number of aliphatic hydroxyl groups excluding tert-OH is 1. The van der Waals surface area contributed by atoms with Gasteiger partial charge < -0.3 is 25.4 Å². The molecule has 3 fully saturated rings. The Hall–Kier alpha value is -2.16. The van der Waals surface area contributed by atoms with E-state index in [1.165, 1.54) is 0 Å². The van der Waals surface area contributed by atoms with Crippen molar-refractivity contribution in [2.75, 3.05) is 25.0 Å². The maximum absolute atomic E-state index is 13.7. The van der Waals surface area contributed by atoms with Crippen molar-refractivity contribution >= 4 is 35.0 Å². The summed E-state index contributed by atoms with van der Waals surface area (Å²) in [6.45, 7) is 3.09. The largest absolute Gasteiger partial charge is 0.396 e. The van der Waals surface area contributed by atoms with Crippen LogP contribution in [-0.4, -0.2) is 65.2 Å². The molecule has 3 aliphatic rings. The maximum atomic E-state index is 13.7. The highest BCUT2D eigenvalue weighted by Crippen LogP contribution is 2.58. The molecular weight excluding hydrogens is 458 g/mol. The molecule has 34 heavy (non-hydrogen) atoms. The second-order valence-corrected chi connectivity index (χ2v) is 9.95. The van der Waals surface area contributed by atoms with Crippen LogP contribution in [0.15, 0.2) is 24.3 Å². The summed E-state index contributed by atoms with van der Waals surface area (Å²) in [5, 5.41) is 15.5. The fraction of sp³-hybridized carbons (Fsp3) is 0.640. The van der Waals surface area contributed by atoms with Crippen molar-refractivity contribution in [1.29, 1.82) is 0 Å². The second kappa shape index (κ2) is 10.6. The molecule has 0 radical (unpaired) electrons. The molecule has 1 spiro atoms. The molecule has 3 amide bonds. The minimum absolute atomic E-state index is 0.143. The number of amides is 3. The number of rotatable bonds is 11. The van der Waals surface area contributed by atoms with Crippen molar-refractivity contribution in [3.05, 3.63) is 29.3 Å². The van der Waals surface area contributed by atoms with E-state index < -0.39 is 23.5 Å². The van der Waals surface area contributed by atoms with Crippen LogP contribution < -0.4 is 10.6 Å². The van der Waals surface area contributed by atoms with Crippen LogP contribution >= 0.6 is 11.6 Å². The van der Waals surface area contributed by atoms with Gasteiger partial charge in [-0.1, -0.05) is 31.4 Å². The van der Waals surface area contributed by atoms with E-state index in [9.17, 15) is 14.4 Å². The lowest BCUT2D eigenvalue weighted by molar-refractivity contribution is -0.140. The van der Waals surface area contributed by atoms with Crippen LogP contribution in [0.3, 0.4) is 0 Å². The number of likely N-dealkylation sites (tertiary alicyclic amines) is 1. The molecule has 0 saturated carbocycles. The van der Waals surface area contributed by atoms with E-state index in [0.717, 1.165) is 25.7 Å². The number of carbonyl (C=O) groups excluding carboxylic acids is 3. The number of fused-ring (bicyclic) bond motifs is 1. The smallest absolute Gasteiger partial charge is 0.250 e. The second-order valence-electron chi connectivity index (χ2n) is 9.51. The Kier molecular flexibility index (Phi) is 7.80. The van der Waals surface area contributed by atoms with Crippen molar-refractivity contribution in [3.8, 4) is 0 Å². The maximum Gasteiger partial charge on any atom is 0.250 e. The average Bonchev–Trinajstić information content (AvgIpc) is 3.46. The molecule has 1 aromatic carbocycles. The summed E-state index contributed by atoms with van der Waals surface area (Å²) in [6.07, 6.45) is 4.82. The number of halogens is 1. The van der Waals surface area contributed by atoms with Gasteiger partial charge in [0.05, 0.1) is 17.9 Å². The zero-order valence-electron chi connectivity index (χ0n) is 19.6. The topological polar surface area (TPSA) is 108 Å². The Morgan fingerprint density at radius 1 is 1.18 bits per heavy atom. The highest BCUT2D eigenvalue weighted by Gasteiger charge is 2.74. The van der Waals surface area contributed by atoms with Gasteiger partial charge in [-0.05, 0) is 56.4 Å². The lowest BCUT2D eigenvalue weighted by atomic mass is 9.70. The van der Waals surface area contributed by atoms with Gasteiger partial charge in [-0.25, -0.2) is 0 Å². The summed E-state index contributed by atoms with van der Waals surface area (Å²) in [5.74, 6) is -1.85. The summed E-state index contributed by atoms with van der Waals surface area (Å²) < 4.78 is 6.40. The molecule has 186 valence electrons. The van der Waals surface area contributed by atoms with Crippen molar-refractivity contribution in [1.82, 2.24) is 10.2 Å². The number of carbonyl (C=O) groups is 3. The van der Waals surface area contributed by atoms with Gasteiger partial charge in [0.15, 0.2) is 0 Å². The summed E-state index contributed by atoms with van der Waals surface area (Å²) in [7, 11) is 0. The van der Waals surface area contributed by atoms with Gasteiger partial charge in [0.1, 0.15) is 11.6 Å². The number of hydrogen-bond donors (Lipinski definition) is 3. The van der Waals surface area contributed by atoms with Crippen LogP contribution in [0.1, 0.15) is 51.9 Å². The van der Waals surface area contributed by atoms with Gasteiger partial charge in [-0.2, -0.15) is 0 Å². The Bertz CT molecular complexity index is 910. The van der Waals surface area contributed by atoms with Gasteiger partial charge in [-0.15, -0.1) is 0 Å². The first kappa shape index (κ1) is 24.9. The third-order valence-electron chi connectivity index (χ3n) is 7.32. The zero-order chi connectivity index (χ0) is 24.3. The number of hydrogen-bond acceptors (Lipinski definition) is 5. The first-order valence-corrected chi connectivity index (χ1v) is 12.7. The molecule has 3 N–H and O–H groups in total. The molecule has 5 atom stereocenters. The molecule has 2 bridgehead atoms. The van der Waals surface area contributed by atoms with E-state index in [0.29, 0.717) is 43.1 Å². The van der Waals surface area contributed by atoms with Crippen molar-refractivity contribution < 1.29 is 24.2 Å². The third kappa shape index (κ3) is 4.55. The van der Waals surface area contributed by atoms with Crippen LogP contribution in [0.25, 0.3) is 0 Å². The minimum atomic E-state index is -0.989. The Morgan fingerprint density at radius 2 is 1.91 bits per heavy atom. The van der Waals surface area contributed by atoms with Gasteiger partial charge >= 0.3 is 0 Å². The number of nitrogens with zero attached hydrogens (tertiary/aromatic N) is 1. The van der Waals surface area contributed by atoms with Gasteiger partial charge in [0.25, 0.3) is 0 Å². The number of aliphatic hydroxyl groups is 1. The van der Waals surface area contributed by atoms with Crippen molar-refractivity contribution in [2.45, 2.75) is 69.6 Å². The standard InChI is InChI=1S/C25H34ClN3O5/c1-2-13-27-22(31)19-18-11-12-25(34-18)20(19)24(33)29(14-5-3-4-6-15-30)21(25)23(32)28-17-9-7-16(26)8-10-17/h7-10,18-21,30H,2-6,11-15H2,1H3,(H,27,31)(H,28,32)/t18-,19+,20+,21?,25?/m1/s1. The van der Waals surface area contributed by atoms with Gasteiger partial charge in [0, 0.05) is 30.4 Å². The zero-order valence-corrected chi connectivity index (χ0v) is 20.4. The minimum Gasteiger partial charge on any atom is -0.396 e. The van der Waals surface area contributed by atoms with Crippen LogP contribution in [0, 0.1) is 11.8 Å². The number of benzene rings is 1. The quantitative estimate of drug-likeness (QED) is 0.412. The normalized spacial score (nSPS) is 29.4. The molecule has 3 aliphatic heterocycles. The van der Waals surface area contributed by atoms with Crippen LogP contribution in [-0.2, 0) is 19.1 Å². The number of ether oxygens (including phenoxy) is 1. The summed E-state index contributed by atoms with van der Waals surface area (Å²) in [4.78, 5) is 42.0. The van der Waals surface area contributed by atoms with Crippen molar-refractivity contribution in [3.63, 3.8) is 0 Å². The SMILES string of the molecule is CCCNC(=O)[C@@H]1[C@H]2C(=O)N(CCCCCCO)C(C(=O)Nc3ccc(Cl)cc3)C23CC[C@H]1O3. The number of anilines is 1. The average molecular weight is 492 g/mol. The molecule has 8 nitrogen and oxygen atoms in total. The van der Waals surface area contributed by atoms with Gasteiger partial charge in [-0.3, -0.25) is 14.4 Å². The summed E-state index contributed by atoms with van der Waals surface area (Å²) >= 11 is 5.98. The molecular formula is C25H34ClN3O5. The predicted molar refractivity (Wildman–Crippen MR) is 128 cm³/mol. The number of unbranched alkanes of at least 4 members (excludes halogenated alkanes) is 3. The molecule has 0 aromatic heterocycles. The summed E-state index contributed by atoms with van der Waals surface area (Å²) in [5.41, 5.74) is -0.396. The lowest BCUT2D eigenvalue weighted by Gasteiger charge is -2.33. The highest BCUT2D eigenvalue weighted by atomic mass is 35.5. The molecule has 0 aliphatic carbocycles. The molecule has 3 heterocycles. The van der Waals surface area contributed by atoms with Crippen LogP contribution in [0.4, 0.5) is 5.69 Å². The first-order valence-electron chi connectivity index (χ1n) is 12.4. The lowest BCUT2D eigenvalue weighted by Crippen LogP contribution is -2.53. The third-order valence-corrected chi connectivity index (χ3v) is 7.57. The summed E-state index contributed by atoms with van der Waals surface area (Å²) in [6, 6.07) is 6.04. The molecule has 2 unspecified atom stereocenters.